The number of nitrogens with zero attached hydrogens (tertiary/aromatic N) is 1. The van der Waals surface area contributed by atoms with Gasteiger partial charge in [0, 0.05) is 38.1 Å². The molecule has 3 rings (SSSR count). The Labute approximate surface area is 176 Å². The van der Waals surface area contributed by atoms with Crippen molar-refractivity contribution in [2.24, 2.45) is 23.5 Å². The summed E-state index contributed by atoms with van der Waals surface area (Å²) in [5, 5.41) is 3.14. The molecule has 0 spiro atoms. The second-order valence-electron chi connectivity index (χ2n) is 8.40. The Hall–Kier alpha value is -0.810. The number of piperidine rings is 1. The molecular weight excluding hydrogens is 381 g/mol. The predicted octanol–water partition coefficient (Wildman–Crippen LogP) is 3.75. The van der Waals surface area contributed by atoms with Crippen molar-refractivity contribution in [1.82, 2.24) is 10.2 Å². The first-order chi connectivity index (χ1) is 12.0. The van der Waals surface area contributed by atoms with Gasteiger partial charge in [0.05, 0.1) is 0 Å². The molecule has 4 unspecified atom stereocenters. The zero-order valence-corrected chi connectivity index (χ0v) is 18.2. The normalized spacial score (nSPS) is 28.1. The van der Waals surface area contributed by atoms with Gasteiger partial charge in [-0.2, -0.15) is 0 Å². The van der Waals surface area contributed by atoms with Crippen LogP contribution in [0.15, 0.2) is 24.3 Å². The van der Waals surface area contributed by atoms with Crippen LogP contribution in [0.4, 0.5) is 0 Å². The van der Waals surface area contributed by atoms with E-state index in [9.17, 15) is 4.79 Å². The number of hydrogen-bond acceptors (Lipinski definition) is 3. The zero-order valence-electron chi connectivity index (χ0n) is 16.5. The van der Waals surface area contributed by atoms with E-state index in [0.29, 0.717) is 6.54 Å². The molecule has 27 heavy (non-hydrogen) atoms. The summed E-state index contributed by atoms with van der Waals surface area (Å²) >= 11 is 0. The number of nitrogens with two attached hydrogens (primary N) is 1. The van der Waals surface area contributed by atoms with Gasteiger partial charge >= 0.3 is 0 Å². The summed E-state index contributed by atoms with van der Waals surface area (Å²) in [5.41, 5.74) is 8.52. The molecular formula is C21H35Cl2N3O. The molecule has 2 aliphatic rings. The van der Waals surface area contributed by atoms with Gasteiger partial charge in [0.1, 0.15) is 0 Å². The molecule has 3 N–H and O–H groups in total. The molecule has 4 nitrogen and oxygen atoms in total. The van der Waals surface area contributed by atoms with Crippen LogP contribution in [-0.4, -0.2) is 29.9 Å². The highest BCUT2D eigenvalue weighted by Crippen LogP contribution is 2.25. The first kappa shape index (κ1) is 24.2. The van der Waals surface area contributed by atoms with Crippen molar-refractivity contribution in [2.75, 3.05) is 13.1 Å². The van der Waals surface area contributed by atoms with E-state index in [1.807, 2.05) is 0 Å². The van der Waals surface area contributed by atoms with Crippen molar-refractivity contribution in [3.8, 4) is 0 Å². The van der Waals surface area contributed by atoms with Crippen molar-refractivity contribution in [3.63, 3.8) is 0 Å². The number of rotatable bonds is 5. The van der Waals surface area contributed by atoms with Crippen LogP contribution in [0.3, 0.4) is 0 Å². The van der Waals surface area contributed by atoms with Crippen molar-refractivity contribution >= 4 is 30.7 Å². The maximum atomic E-state index is 12.4. The molecule has 0 radical (unpaired) electrons. The minimum atomic E-state index is 0. The molecule has 1 heterocycles. The van der Waals surface area contributed by atoms with E-state index in [1.165, 1.54) is 30.6 Å². The van der Waals surface area contributed by atoms with Crippen LogP contribution in [0.25, 0.3) is 0 Å². The highest BCUT2D eigenvalue weighted by molar-refractivity contribution is 5.85. The van der Waals surface area contributed by atoms with Gasteiger partial charge in [-0.15, -0.1) is 24.8 Å². The van der Waals surface area contributed by atoms with E-state index >= 15 is 0 Å². The number of carbonyl (C=O) groups is 1. The van der Waals surface area contributed by atoms with Gasteiger partial charge in [0.25, 0.3) is 0 Å². The minimum Gasteiger partial charge on any atom is -0.352 e. The second kappa shape index (κ2) is 11.3. The Balaban J connectivity index is 0.00000182. The predicted molar refractivity (Wildman–Crippen MR) is 116 cm³/mol. The molecule has 1 saturated carbocycles. The van der Waals surface area contributed by atoms with Crippen LogP contribution in [0.5, 0.6) is 0 Å². The highest BCUT2D eigenvalue weighted by Gasteiger charge is 2.27. The van der Waals surface area contributed by atoms with Crippen molar-refractivity contribution in [2.45, 2.75) is 58.7 Å². The molecule has 0 bridgehead atoms. The Kier molecular flexibility index (Phi) is 10.1. The number of hydrogen-bond donors (Lipinski definition) is 2. The zero-order chi connectivity index (χ0) is 17.8. The maximum absolute atomic E-state index is 12.4. The lowest BCUT2D eigenvalue weighted by Gasteiger charge is -2.35. The fourth-order valence-electron chi connectivity index (χ4n) is 4.63. The third kappa shape index (κ3) is 6.94. The lowest BCUT2D eigenvalue weighted by Crippen LogP contribution is -2.38. The number of amides is 1. The summed E-state index contributed by atoms with van der Waals surface area (Å²) in [7, 11) is 0. The van der Waals surface area contributed by atoms with Gasteiger partial charge in [0.2, 0.25) is 5.91 Å². The van der Waals surface area contributed by atoms with Crippen LogP contribution in [0.2, 0.25) is 0 Å². The summed E-state index contributed by atoms with van der Waals surface area (Å²) < 4.78 is 0. The molecule has 2 fully saturated rings. The van der Waals surface area contributed by atoms with Gasteiger partial charge in [0.15, 0.2) is 0 Å². The third-order valence-corrected chi connectivity index (χ3v) is 5.75. The van der Waals surface area contributed by atoms with E-state index in [4.69, 9.17) is 5.73 Å². The first-order valence-corrected chi connectivity index (χ1v) is 9.83. The van der Waals surface area contributed by atoms with Crippen LogP contribution in [0.1, 0.15) is 50.7 Å². The van der Waals surface area contributed by atoms with E-state index in [1.54, 1.807) is 0 Å². The Morgan fingerprint density at radius 3 is 2.30 bits per heavy atom. The van der Waals surface area contributed by atoms with Crippen molar-refractivity contribution in [3.05, 3.63) is 35.4 Å². The molecule has 0 aromatic heterocycles. The lowest BCUT2D eigenvalue weighted by molar-refractivity contribution is -0.125. The molecule has 1 aliphatic heterocycles. The molecule has 1 saturated heterocycles. The summed E-state index contributed by atoms with van der Waals surface area (Å²) in [6.07, 6.45) is 4.06. The van der Waals surface area contributed by atoms with Crippen LogP contribution < -0.4 is 11.1 Å². The van der Waals surface area contributed by atoms with E-state index in [-0.39, 0.29) is 42.7 Å². The Morgan fingerprint density at radius 1 is 1.07 bits per heavy atom. The number of likely N-dealkylation sites (tertiary alicyclic amines) is 1. The lowest BCUT2D eigenvalue weighted by atomic mass is 9.91. The quantitative estimate of drug-likeness (QED) is 0.769. The maximum Gasteiger partial charge on any atom is 0.223 e. The molecule has 6 heteroatoms. The minimum absolute atomic E-state index is 0. The molecule has 154 valence electrons. The highest BCUT2D eigenvalue weighted by atomic mass is 35.5. The standard InChI is InChI=1S/C21H33N3O.2ClH/c1-15-9-16(2)13-24(12-15)14-19-6-4-3-5-18(19)11-23-21(25)17-7-8-20(22)10-17;;/h3-6,15-17,20H,7-14,22H2,1-2H3,(H,23,25);2*1H. The van der Waals surface area contributed by atoms with E-state index in [0.717, 1.165) is 37.6 Å². The SMILES string of the molecule is CC1CC(C)CN(Cc2ccccc2CNC(=O)C2CCC(N)C2)C1.Cl.Cl. The number of nitrogens with one attached hydrogen (secondary N) is 1. The van der Waals surface area contributed by atoms with Gasteiger partial charge in [-0.05, 0) is 48.6 Å². The van der Waals surface area contributed by atoms with Gasteiger partial charge in [-0.1, -0.05) is 38.1 Å². The average molecular weight is 416 g/mol. The smallest absolute Gasteiger partial charge is 0.223 e. The largest absolute Gasteiger partial charge is 0.352 e. The molecule has 1 amide bonds. The topological polar surface area (TPSA) is 58.4 Å². The molecule has 4 atom stereocenters. The van der Waals surface area contributed by atoms with Gasteiger partial charge < -0.3 is 11.1 Å². The third-order valence-electron chi connectivity index (χ3n) is 5.75. The monoisotopic (exact) mass is 415 g/mol. The van der Waals surface area contributed by atoms with Crippen molar-refractivity contribution < 1.29 is 4.79 Å². The molecule has 1 aromatic carbocycles. The summed E-state index contributed by atoms with van der Waals surface area (Å²) in [6.45, 7) is 8.65. The number of halogens is 2. The summed E-state index contributed by atoms with van der Waals surface area (Å²) in [5.74, 6) is 1.80. The summed E-state index contributed by atoms with van der Waals surface area (Å²) in [4.78, 5) is 14.9. The van der Waals surface area contributed by atoms with Gasteiger partial charge in [-0.25, -0.2) is 0 Å². The van der Waals surface area contributed by atoms with E-state index < -0.39 is 0 Å². The van der Waals surface area contributed by atoms with Crippen molar-refractivity contribution in [1.29, 1.82) is 0 Å². The average Bonchev–Trinajstić information content (AvgIpc) is 2.99. The first-order valence-electron chi connectivity index (χ1n) is 9.83. The van der Waals surface area contributed by atoms with E-state index in [2.05, 4.69) is 48.3 Å². The Morgan fingerprint density at radius 2 is 1.70 bits per heavy atom. The van der Waals surface area contributed by atoms with Gasteiger partial charge in [-0.3, -0.25) is 9.69 Å². The Bertz CT molecular complexity index is 589. The van der Waals surface area contributed by atoms with Crippen LogP contribution in [0, 0.1) is 17.8 Å². The molecule has 1 aromatic rings. The molecule has 1 aliphatic carbocycles. The fraction of sp³-hybridized carbons (Fsp3) is 0.667. The number of carbonyl (C=O) groups excluding carboxylic acids is 1. The fourth-order valence-corrected chi connectivity index (χ4v) is 4.63. The van der Waals surface area contributed by atoms with Crippen LogP contribution >= 0.6 is 24.8 Å². The van der Waals surface area contributed by atoms with Crippen LogP contribution in [-0.2, 0) is 17.9 Å². The summed E-state index contributed by atoms with van der Waals surface area (Å²) in [6, 6.07) is 8.72. The second-order valence-corrected chi connectivity index (χ2v) is 8.40. The number of benzene rings is 1.